The fourth-order valence-electron chi connectivity index (χ4n) is 2.82. The van der Waals surface area contributed by atoms with E-state index in [4.69, 9.17) is 0 Å². The number of rotatable bonds is 4. The van der Waals surface area contributed by atoms with Gasteiger partial charge in [0.05, 0.1) is 5.92 Å². The summed E-state index contributed by atoms with van der Waals surface area (Å²) in [5.41, 5.74) is 2.54. The highest BCUT2D eigenvalue weighted by molar-refractivity contribution is 6.03. The Morgan fingerprint density at radius 2 is 1.83 bits per heavy atom. The molecule has 0 bridgehead atoms. The van der Waals surface area contributed by atoms with Gasteiger partial charge in [-0.1, -0.05) is 19.1 Å². The van der Waals surface area contributed by atoms with Crippen molar-refractivity contribution in [3.05, 3.63) is 59.9 Å². The third-order valence-corrected chi connectivity index (χ3v) is 4.26. The molecule has 2 aromatic rings. The SMILES string of the molecule is CCc1ccc(NC(=O)[C@@H]2CC(=O)N(c3ccc(F)cc3)C2)cc1. The summed E-state index contributed by atoms with van der Waals surface area (Å²) in [6.45, 7) is 2.38. The van der Waals surface area contributed by atoms with Crippen LogP contribution in [0.15, 0.2) is 48.5 Å². The largest absolute Gasteiger partial charge is 0.326 e. The van der Waals surface area contributed by atoms with E-state index in [0.29, 0.717) is 12.2 Å². The number of carbonyl (C=O) groups is 2. The van der Waals surface area contributed by atoms with Gasteiger partial charge in [-0.15, -0.1) is 0 Å². The molecule has 1 heterocycles. The standard InChI is InChI=1S/C19H19FN2O2/c1-2-13-3-7-16(8-4-13)21-19(24)14-11-18(23)22(12-14)17-9-5-15(20)6-10-17/h3-10,14H,2,11-12H2,1H3,(H,21,24)/t14-/m1/s1. The van der Waals surface area contributed by atoms with Gasteiger partial charge < -0.3 is 10.2 Å². The smallest absolute Gasteiger partial charge is 0.229 e. The van der Waals surface area contributed by atoms with Crippen LogP contribution in [0.5, 0.6) is 0 Å². The number of aryl methyl sites for hydroxylation is 1. The van der Waals surface area contributed by atoms with Gasteiger partial charge in [-0.25, -0.2) is 4.39 Å². The maximum atomic E-state index is 13.0. The molecule has 0 radical (unpaired) electrons. The second kappa shape index (κ2) is 6.83. The normalized spacial score (nSPS) is 17.2. The van der Waals surface area contributed by atoms with Crippen LogP contribution in [0.4, 0.5) is 15.8 Å². The Hall–Kier alpha value is -2.69. The first-order valence-electron chi connectivity index (χ1n) is 8.02. The maximum absolute atomic E-state index is 13.0. The molecule has 0 aromatic heterocycles. The molecule has 2 amide bonds. The van der Waals surface area contributed by atoms with Crippen LogP contribution >= 0.6 is 0 Å². The van der Waals surface area contributed by atoms with Crippen molar-refractivity contribution >= 4 is 23.2 Å². The lowest BCUT2D eigenvalue weighted by molar-refractivity contribution is -0.122. The monoisotopic (exact) mass is 326 g/mol. The summed E-state index contributed by atoms with van der Waals surface area (Å²) in [7, 11) is 0. The quantitative estimate of drug-likeness (QED) is 0.936. The molecule has 24 heavy (non-hydrogen) atoms. The average Bonchev–Trinajstić information content (AvgIpc) is 2.98. The molecule has 0 unspecified atom stereocenters. The van der Waals surface area contributed by atoms with Crippen LogP contribution in [-0.2, 0) is 16.0 Å². The molecule has 1 atom stereocenters. The zero-order valence-electron chi connectivity index (χ0n) is 13.5. The summed E-state index contributed by atoms with van der Waals surface area (Å²) in [6.07, 6.45) is 1.11. The number of anilines is 2. The van der Waals surface area contributed by atoms with E-state index in [1.54, 1.807) is 12.1 Å². The van der Waals surface area contributed by atoms with E-state index < -0.39 is 5.92 Å². The van der Waals surface area contributed by atoms with Crippen LogP contribution in [0.1, 0.15) is 18.9 Å². The van der Waals surface area contributed by atoms with E-state index >= 15 is 0 Å². The third kappa shape index (κ3) is 3.45. The lowest BCUT2D eigenvalue weighted by Crippen LogP contribution is -2.28. The lowest BCUT2D eigenvalue weighted by atomic mass is 10.1. The van der Waals surface area contributed by atoms with Crippen molar-refractivity contribution in [3.63, 3.8) is 0 Å². The Kier molecular flexibility index (Phi) is 4.60. The van der Waals surface area contributed by atoms with Crippen molar-refractivity contribution in [2.24, 2.45) is 5.92 Å². The lowest BCUT2D eigenvalue weighted by Gasteiger charge is -2.16. The molecule has 0 spiro atoms. The molecule has 0 saturated carbocycles. The summed E-state index contributed by atoms with van der Waals surface area (Å²) < 4.78 is 13.0. The topological polar surface area (TPSA) is 49.4 Å². The number of carbonyl (C=O) groups excluding carboxylic acids is 2. The second-order valence-corrected chi connectivity index (χ2v) is 5.92. The van der Waals surface area contributed by atoms with Gasteiger partial charge in [0.25, 0.3) is 0 Å². The zero-order chi connectivity index (χ0) is 17.1. The van der Waals surface area contributed by atoms with Gasteiger partial charge >= 0.3 is 0 Å². The Bertz CT molecular complexity index is 741. The molecule has 1 aliphatic heterocycles. The fraction of sp³-hybridized carbons (Fsp3) is 0.263. The molecule has 1 fully saturated rings. The number of nitrogens with zero attached hydrogens (tertiary/aromatic N) is 1. The van der Waals surface area contributed by atoms with E-state index in [1.807, 2.05) is 24.3 Å². The highest BCUT2D eigenvalue weighted by atomic mass is 19.1. The third-order valence-electron chi connectivity index (χ3n) is 4.26. The van der Waals surface area contributed by atoms with E-state index in [1.165, 1.54) is 22.6 Å². The maximum Gasteiger partial charge on any atom is 0.229 e. The van der Waals surface area contributed by atoms with Gasteiger partial charge in [0.1, 0.15) is 5.82 Å². The van der Waals surface area contributed by atoms with Gasteiger partial charge in [-0.3, -0.25) is 9.59 Å². The minimum absolute atomic E-state index is 0.122. The van der Waals surface area contributed by atoms with E-state index in [0.717, 1.165) is 12.1 Å². The first-order chi connectivity index (χ1) is 11.6. The summed E-state index contributed by atoms with van der Waals surface area (Å²) in [5, 5.41) is 2.86. The minimum Gasteiger partial charge on any atom is -0.326 e. The molecular formula is C19H19FN2O2. The molecule has 1 N–H and O–H groups in total. The van der Waals surface area contributed by atoms with Crippen molar-refractivity contribution < 1.29 is 14.0 Å². The minimum atomic E-state index is -0.409. The molecule has 4 nitrogen and oxygen atoms in total. The summed E-state index contributed by atoms with van der Waals surface area (Å²) in [5.74, 6) is -1.05. The van der Waals surface area contributed by atoms with Crippen LogP contribution in [0.3, 0.4) is 0 Å². The first kappa shape index (κ1) is 16.2. The van der Waals surface area contributed by atoms with Crippen LogP contribution in [-0.4, -0.2) is 18.4 Å². The zero-order valence-corrected chi connectivity index (χ0v) is 13.5. The van der Waals surface area contributed by atoms with E-state index in [9.17, 15) is 14.0 Å². The molecule has 3 rings (SSSR count). The molecular weight excluding hydrogens is 307 g/mol. The highest BCUT2D eigenvalue weighted by Gasteiger charge is 2.35. The number of benzene rings is 2. The predicted molar refractivity (Wildman–Crippen MR) is 91.3 cm³/mol. The van der Waals surface area contributed by atoms with Crippen LogP contribution in [0.2, 0.25) is 0 Å². The summed E-state index contributed by atoms with van der Waals surface area (Å²) in [6, 6.07) is 13.4. The summed E-state index contributed by atoms with van der Waals surface area (Å²) in [4.78, 5) is 26.1. The van der Waals surface area contributed by atoms with Crippen molar-refractivity contribution in [2.45, 2.75) is 19.8 Å². The van der Waals surface area contributed by atoms with Crippen LogP contribution in [0, 0.1) is 11.7 Å². The second-order valence-electron chi connectivity index (χ2n) is 5.92. The van der Waals surface area contributed by atoms with E-state index in [-0.39, 0.29) is 24.1 Å². The Morgan fingerprint density at radius 1 is 1.17 bits per heavy atom. The number of hydrogen-bond acceptors (Lipinski definition) is 2. The molecule has 2 aromatic carbocycles. The fourth-order valence-corrected chi connectivity index (χ4v) is 2.82. The predicted octanol–water partition coefficient (Wildman–Crippen LogP) is 3.38. The van der Waals surface area contributed by atoms with Crippen molar-refractivity contribution in [3.8, 4) is 0 Å². The van der Waals surface area contributed by atoms with Gasteiger partial charge in [-0.2, -0.15) is 0 Å². The van der Waals surface area contributed by atoms with Crippen molar-refractivity contribution in [1.29, 1.82) is 0 Å². The molecule has 0 aliphatic carbocycles. The Morgan fingerprint density at radius 3 is 2.46 bits per heavy atom. The Balaban J connectivity index is 1.66. The van der Waals surface area contributed by atoms with Gasteiger partial charge in [0, 0.05) is 24.3 Å². The molecule has 1 aliphatic rings. The number of hydrogen-bond donors (Lipinski definition) is 1. The van der Waals surface area contributed by atoms with Crippen molar-refractivity contribution in [2.75, 3.05) is 16.8 Å². The number of halogens is 1. The van der Waals surface area contributed by atoms with Gasteiger partial charge in [0.15, 0.2) is 0 Å². The van der Waals surface area contributed by atoms with Crippen molar-refractivity contribution in [1.82, 2.24) is 0 Å². The first-order valence-corrected chi connectivity index (χ1v) is 8.02. The molecule has 5 heteroatoms. The van der Waals surface area contributed by atoms with Crippen LogP contribution in [0.25, 0.3) is 0 Å². The van der Waals surface area contributed by atoms with Gasteiger partial charge in [-0.05, 0) is 48.4 Å². The molecule has 1 saturated heterocycles. The molecule has 124 valence electrons. The number of nitrogens with one attached hydrogen (secondary N) is 1. The van der Waals surface area contributed by atoms with Crippen LogP contribution < -0.4 is 10.2 Å². The highest BCUT2D eigenvalue weighted by Crippen LogP contribution is 2.26. The average molecular weight is 326 g/mol. The van der Waals surface area contributed by atoms with E-state index in [2.05, 4.69) is 12.2 Å². The van der Waals surface area contributed by atoms with Gasteiger partial charge in [0.2, 0.25) is 11.8 Å². The summed E-state index contributed by atoms with van der Waals surface area (Å²) >= 11 is 0. The number of amides is 2. The Labute approximate surface area is 140 Å².